The highest BCUT2D eigenvalue weighted by atomic mass is 32.2. The van der Waals surface area contributed by atoms with Crippen LogP contribution in [0.2, 0.25) is 0 Å². The number of aromatic nitrogens is 3. The number of furan rings is 1. The predicted molar refractivity (Wildman–Crippen MR) is 192 cm³/mol. The maximum absolute atomic E-state index is 6.53. The average molecular weight is 624 g/mol. The molecule has 0 amide bonds. The molecule has 0 saturated heterocycles. The molecular weight excluding hydrogens is 595 g/mol. The molecule has 3 heterocycles. The first-order chi connectivity index (χ1) is 23.0. The van der Waals surface area contributed by atoms with Crippen LogP contribution in [0, 0.1) is 0 Å². The first kappa shape index (κ1) is 27.8. The van der Waals surface area contributed by atoms with Crippen LogP contribution in [0.1, 0.15) is 25.0 Å². The molecule has 4 nitrogen and oxygen atoms in total. The maximum Gasteiger partial charge on any atom is 0.164 e. The number of hydrogen-bond donors (Lipinski definition) is 0. The highest BCUT2D eigenvalue weighted by Crippen LogP contribution is 2.50. The van der Waals surface area contributed by atoms with Crippen molar-refractivity contribution in [3.63, 3.8) is 0 Å². The summed E-state index contributed by atoms with van der Waals surface area (Å²) in [5.74, 6) is 1.88. The van der Waals surface area contributed by atoms with E-state index < -0.39 is 0 Å². The molecular formula is C42H29N3OS. The second kappa shape index (κ2) is 10.8. The summed E-state index contributed by atoms with van der Waals surface area (Å²) in [7, 11) is 0. The number of rotatable bonds is 4. The molecule has 0 aliphatic carbocycles. The molecule has 6 aromatic carbocycles. The van der Waals surface area contributed by atoms with E-state index >= 15 is 0 Å². The largest absolute Gasteiger partial charge is 0.456 e. The molecule has 0 atom stereocenters. The fourth-order valence-electron chi connectivity index (χ4n) is 6.75. The molecule has 0 unspecified atom stereocenters. The van der Waals surface area contributed by atoms with E-state index in [9.17, 15) is 0 Å². The van der Waals surface area contributed by atoms with Crippen LogP contribution >= 0.6 is 11.8 Å². The highest BCUT2D eigenvalue weighted by Gasteiger charge is 2.33. The van der Waals surface area contributed by atoms with Crippen molar-refractivity contribution >= 4 is 33.7 Å². The summed E-state index contributed by atoms with van der Waals surface area (Å²) in [4.78, 5) is 17.4. The summed E-state index contributed by atoms with van der Waals surface area (Å²) >= 11 is 1.86. The monoisotopic (exact) mass is 623 g/mol. The lowest BCUT2D eigenvalue weighted by molar-refractivity contribution is 0.607. The molecule has 0 radical (unpaired) electrons. The SMILES string of the molecule is CC1(C)c2ccccc2Sc2ccc(-c3cccc4oc5cc(-c6nc(-c7ccccc7)nc(-c7ccccc7)n6)ccc5c34)cc21. The Morgan fingerprint density at radius 3 is 1.83 bits per heavy atom. The van der Waals surface area contributed by atoms with Crippen LogP contribution in [0.5, 0.6) is 0 Å². The van der Waals surface area contributed by atoms with Crippen molar-refractivity contribution in [2.75, 3.05) is 0 Å². The second-order valence-corrected chi connectivity index (χ2v) is 13.5. The van der Waals surface area contributed by atoms with Gasteiger partial charge in [0.05, 0.1) is 0 Å². The Hall–Kier alpha value is -5.52. The summed E-state index contributed by atoms with van der Waals surface area (Å²) in [6.07, 6.45) is 0. The van der Waals surface area contributed by atoms with E-state index in [4.69, 9.17) is 19.4 Å². The van der Waals surface area contributed by atoms with Crippen LogP contribution in [0.3, 0.4) is 0 Å². The molecule has 2 aromatic heterocycles. The maximum atomic E-state index is 6.53. The van der Waals surface area contributed by atoms with Crippen LogP contribution in [0.25, 0.3) is 67.2 Å². The Labute approximate surface area is 277 Å². The first-order valence-corrected chi connectivity index (χ1v) is 16.6. The van der Waals surface area contributed by atoms with E-state index in [0.717, 1.165) is 44.2 Å². The van der Waals surface area contributed by atoms with Gasteiger partial charge in [0.15, 0.2) is 17.5 Å². The molecule has 0 fully saturated rings. The van der Waals surface area contributed by atoms with Gasteiger partial charge in [-0.3, -0.25) is 0 Å². The molecule has 0 spiro atoms. The van der Waals surface area contributed by atoms with Gasteiger partial charge < -0.3 is 4.42 Å². The minimum atomic E-state index is -0.101. The van der Waals surface area contributed by atoms with Gasteiger partial charge in [-0.1, -0.05) is 129 Å². The quantitative estimate of drug-likeness (QED) is 0.195. The lowest BCUT2D eigenvalue weighted by Crippen LogP contribution is -2.23. The summed E-state index contributed by atoms with van der Waals surface area (Å²) in [6.45, 7) is 4.66. The lowest BCUT2D eigenvalue weighted by Gasteiger charge is -2.34. The Bertz CT molecular complexity index is 2410. The van der Waals surface area contributed by atoms with E-state index in [1.165, 1.54) is 26.5 Å². The molecule has 5 heteroatoms. The molecule has 1 aliphatic rings. The predicted octanol–water partition coefficient (Wildman–Crippen LogP) is 11.2. The highest BCUT2D eigenvalue weighted by molar-refractivity contribution is 7.99. The molecule has 8 aromatic rings. The molecule has 47 heavy (non-hydrogen) atoms. The summed E-state index contributed by atoms with van der Waals surface area (Å²) in [5.41, 5.74) is 9.39. The smallest absolute Gasteiger partial charge is 0.164 e. The van der Waals surface area contributed by atoms with Crippen LogP contribution in [-0.4, -0.2) is 15.0 Å². The van der Waals surface area contributed by atoms with Gasteiger partial charge in [-0.15, -0.1) is 0 Å². The third-order valence-electron chi connectivity index (χ3n) is 9.20. The summed E-state index contributed by atoms with van der Waals surface area (Å²) in [5, 5.41) is 2.18. The van der Waals surface area contributed by atoms with Gasteiger partial charge in [-0.25, -0.2) is 15.0 Å². The van der Waals surface area contributed by atoms with E-state index in [-0.39, 0.29) is 5.41 Å². The Kier molecular flexibility index (Phi) is 6.37. The topological polar surface area (TPSA) is 51.8 Å². The summed E-state index contributed by atoms with van der Waals surface area (Å²) < 4.78 is 6.53. The standard InChI is InChI=1S/C42H29N3OS/c1-42(2)32-17-9-10-19-36(32)47-37-23-21-28(24-33(37)42)30-16-11-18-34-38(30)31-22-20-29(25-35(31)46-34)41-44-39(26-12-5-3-6-13-26)43-40(45-41)27-14-7-4-8-15-27/h3-25H,1-2H3. The van der Waals surface area contributed by atoms with Crippen LogP contribution in [-0.2, 0) is 5.41 Å². The van der Waals surface area contributed by atoms with Crippen LogP contribution < -0.4 is 0 Å². The zero-order valence-electron chi connectivity index (χ0n) is 25.9. The van der Waals surface area contributed by atoms with Crippen molar-refractivity contribution < 1.29 is 4.42 Å². The zero-order valence-corrected chi connectivity index (χ0v) is 26.8. The number of nitrogens with zero attached hydrogens (tertiary/aromatic N) is 3. The van der Waals surface area contributed by atoms with E-state index in [1.807, 2.05) is 72.4 Å². The van der Waals surface area contributed by atoms with Gasteiger partial charge in [0.1, 0.15) is 11.2 Å². The first-order valence-electron chi connectivity index (χ1n) is 15.8. The zero-order chi connectivity index (χ0) is 31.5. The van der Waals surface area contributed by atoms with E-state index in [1.54, 1.807) is 0 Å². The molecule has 224 valence electrons. The number of benzene rings is 6. The normalized spacial score (nSPS) is 13.4. The Morgan fingerprint density at radius 1 is 0.489 bits per heavy atom. The second-order valence-electron chi connectivity index (χ2n) is 12.5. The number of fused-ring (bicyclic) bond motifs is 5. The number of hydrogen-bond acceptors (Lipinski definition) is 5. The average Bonchev–Trinajstić information content (AvgIpc) is 3.50. The van der Waals surface area contributed by atoms with Crippen molar-refractivity contribution in [1.82, 2.24) is 15.0 Å². The van der Waals surface area contributed by atoms with Gasteiger partial charge >= 0.3 is 0 Å². The molecule has 9 rings (SSSR count). The Balaban J connectivity index is 1.17. The van der Waals surface area contributed by atoms with Crippen molar-refractivity contribution in [2.45, 2.75) is 29.1 Å². The minimum Gasteiger partial charge on any atom is -0.456 e. The van der Waals surface area contributed by atoms with Gasteiger partial charge in [-0.05, 0) is 58.7 Å². The van der Waals surface area contributed by atoms with Gasteiger partial charge in [0.25, 0.3) is 0 Å². The minimum absolute atomic E-state index is 0.101. The van der Waals surface area contributed by atoms with Crippen molar-refractivity contribution in [2.24, 2.45) is 0 Å². The van der Waals surface area contributed by atoms with Gasteiger partial charge in [-0.2, -0.15) is 0 Å². The van der Waals surface area contributed by atoms with E-state index in [2.05, 4.69) is 92.7 Å². The van der Waals surface area contributed by atoms with E-state index in [0.29, 0.717) is 17.5 Å². The van der Waals surface area contributed by atoms with Crippen molar-refractivity contribution in [1.29, 1.82) is 0 Å². The fraction of sp³-hybridized carbons (Fsp3) is 0.0714. The van der Waals surface area contributed by atoms with Crippen LogP contribution in [0.4, 0.5) is 0 Å². The van der Waals surface area contributed by atoms with Gasteiger partial charge in [0.2, 0.25) is 0 Å². The van der Waals surface area contributed by atoms with Gasteiger partial charge in [0, 0.05) is 42.7 Å². The van der Waals surface area contributed by atoms with Crippen LogP contribution in [0.15, 0.2) is 154 Å². The molecule has 0 bridgehead atoms. The molecule has 0 saturated carbocycles. The van der Waals surface area contributed by atoms with Crippen molar-refractivity contribution in [3.05, 3.63) is 151 Å². The Morgan fingerprint density at radius 2 is 1.11 bits per heavy atom. The summed E-state index contributed by atoms with van der Waals surface area (Å²) in [6, 6.07) is 48.4. The third kappa shape index (κ3) is 4.65. The lowest BCUT2D eigenvalue weighted by atomic mass is 9.77. The third-order valence-corrected chi connectivity index (χ3v) is 10.4. The van der Waals surface area contributed by atoms with Crippen molar-refractivity contribution in [3.8, 4) is 45.3 Å². The fourth-order valence-corrected chi connectivity index (χ4v) is 8.13. The molecule has 1 aliphatic heterocycles. The molecule has 0 N–H and O–H groups in total.